The maximum atomic E-state index is 12.6. The molecule has 0 aliphatic carbocycles. The van der Waals surface area contributed by atoms with Crippen molar-refractivity contribution in [3.63, 3.8) is 0 Å². The van der Waals surface area contributed by atoms with E-state index in [0.29, 0.717) is 12.0 Å². The van der Waals surface area contributed by atoms with Gasteiger partial charge in [0.25, 0.3) is 0 Å². The summed E-state index contributed by atoms with van der Waals surface area (Å²) in [6.07, 6.45) is 0.443. The van der Waals surface area contributed by atoms with Crippen LogP contribution in [-0.2, 0) is 0 Å². The molecule has 0 saturated carbocycles. The highest BCUT2D eigenvalue weighted by Gasteiger charge is 2.18. The average molecular weight is 322 g/mol. The molecule has 5 nitrogen and oxygen atoms in total. The highest BCUT2D eigenvalue weighted by Crippen LogP contribution is 2.41. The highest BCUT2D eigenvalue weighted by molar-refractivity contribution is 5.90. The molecule has 3 N–H and O–H groups in total. The number of aldehydes is 1. The molecule has 0 amide bonds. The van der Waals surface area contributed by atoms with Crippen LogP contribution in [0.5, 0.6) is 11.5 Å². The molecular formula is C16H16F2N2O3. The van der Waals surface area contributed by atoms with Crippen LogP contribution < -0.4 is 15.4 Å². The number of nitrogens with zero attached hydrogens (tertiary/aromatic N) is 1. The number of carbonyl (C=O) groups is 1. The van der Waals surface area contributed by atoms with Gasteiger partial charge in [0.15, 0.2) is 6.29 Å². The van der Waals surface area contributed by atoms with Gasteiger partial charge in [-0.05, 0) is 30.3 Å². The number of benzene rings is 2. The number of ether oxygens (including phenoxy) is 1. The number of carbonyl (C=O) groups excluding carboxylic acids is 1. The SMILES string of the molecule is CN(C)c1ccc(OC(F)F)c(-c2cc(N)cc(C=O)c2O)c1. The summed E-state index contributed by atoms with van der Waals surface area (Å²) in [5.41, 5.74) is 6.97. The first-order valence-electron chi connectivity index (χ1n) is 6.67. The van der Waals surface area contributed by atoms with Gasteiger partial charge in [-0.1, -0.05) is 0 Å². The third-order valence-corrected chi connectivity index (χ3v) is 3.27. The largest absolute Gasteiger partial charge is 0.507 e. The summed E-state index contributed by atoms with van der Waals surface area (Å²) in [7, 11) is 3.56. The quantitative estimate of drug-likeness (QED) is 0.502. The van der Waals surface area contributed by atoms with Crippen LogP contribution in [0.1, 0.15) is 10.4 Å². The van der Waals surface area contributed by atoms with Gasteiger partial charge in [0, 0.05) is 36.6 Å². The second kappa shape index (κ2) is 6.51. The summed E-state index contributed by atoms with van der Waals surface area (Å²) >= 11 is 0. The summed E-state index contributed by atoms with van der Waals surface area (Å²) in [6, 6.07) is 7.25. The second-order valence-corrected chi connectivity index (χ2v) is 5.08. The van der Waals surface area contributed by atoms with Crippen molar-refractivity contribution in [2.24, 2.45) is 0 Å². The van der Waals surface area contributed by atoms with Crippen molar-refractivity contribution < 1.29 is 23.4 Å². The first-order valence-corrected chi connectivity index (χ1v) is 6.67. The zero-order valence-electron chi connectivity index (χ0n) is 12.6. The van der Waals surface area contributed by atoms with E-state index in [0.717, 1.165) is 0 Å². The smallest absolute Gasteiger partial charge is 0.387 e. The summed E-state index contributed by atoms with van der Waals surface area (Å²) in [4.78, 5) is 12.8. The fourth-order valence-electron chi connectivity index (χ4n) is 2.18. The van der Waals surface area contributed by atoms with Crippen molar-refractivity contribution in [1.29, 1.82) is 0 Å². The third kappa shape index (κ3) is 3.50. The number of rotatable bonds is 5. The van der Waals surface area contributed by atoms with Crippen LogP contribution in [0.3, 0.4) is 0 Å². The Labute approximate surface area is 131 Å². The van der Waals surface area contributed by atoms with E-state index >= 15 is 0 Å². The van der Waals surface area contributed by atoms with Crippen LogP contribution in [0.15, 0.2) is 30.3 Å². The minimum absolute atomic E-state index is 0.0294. The standard InChI is InChI=1S/C16H16F2N2O3/c1-20(2)11-3-4-14(23-16(17)18)12(7-11)13-6-10(19)5-9(8-21)15(13)22/h3-8,16,22H,19H2,1-2H3. The van der Waals surface area contributed by atoms with Crippen molar-refractivity contribution in [2.75, 3.05) is 24.7 Å². The molecule has 0 heterocycles. The van der Waals surface area contributed by atoms with Gasteiger partial charge < -0.3 is 20.5 Å². The van der Waals surface area contributed by atoms with Crippen molar-refractivity contribution >= 4 is 17.7 Å². The topological polar surface area (TPSA) is 75.8 Å². The lowest BCUT2D eigenvalue weighted by molar-refractivity contribution is -0.0494. The van der Waals surface area contributed by atoms with Gasteiger partial charge in [-0.3, -0.25) is 4.79 Å². The Kier molecular flexibility index (Phi) is 4.68. The lowest BCUT2D eigenvalue weighted by atomic mass is 9.99. The number of alkyl halides is 2. The second-order valence-electron chi connectivity index (χ2n) is 5.08. The maximum absolute atomic E-state index is 12.6. The highest BCUT2D eigenvalue weighted by atomic mass is 19.3. The Morgan fingerprint density at radius 3 is 2.48 bits per heavy atom. The molecule has 0 spiro atoms. The molecule has 0 aromatic heterocycles. The predicted octanol–water partition coefficient (Wildman–Crippen LogP) is 3.12. The third-order valence-electron chi connectivity index (χ3n) is 3.27. The molecule has 0 unspecified atom stereocenters. The summed E-state index contributed by atoms with van der Waals surface area (Å²) in [5, 5.41) is 10.2. The Bertz CT molecular complexity index is 734. The first-order chi connectivity index (χ1) is 10.8. The minimum Gasteiger partial charge on any atom is -0.507 e. The van der Waals surface area contributed by atoms with E-state index in [9.17, 15) is 18.7 Å². The summed E-state index contributed by atoms with van der Waals surface area (Å²) in [5.74, 6) is -0.465. The fraction of sp³-hybridized carbons (Fsp3) is 0.188. The molecule has 7 heteroatoms. The Morgan fingerprint density at radius 1 is 1.22 bits per heavy atom. The molecule has 0 aliphatic rings. The molecule has 2 rings (SSSR count). The van der Waals surface area contributed by atoms with Crippen LogP contribution in [0.4, 0.5) is 20.2 Å². The van der Waals surface area contributed by atoms with Crippen molar-refractivity contribution in [1.82, 2.24) is 0 Å². The van der Waals surface area contributed by atoms with E-state index < -0.39 is 6.61 Å². The fourth-order valence-corrected chi connectivity index (χ4v) is 2.18. The number of nitrogens with two attached hydrogens (primary N) is 1. The number of hydrogen-bond donors (Lipinski definition) is 2. The van der Waals surface area contributed by atoms with E-state index in [1.165, 1.54) is 18.2 Å². The Morgan fingerprint density at radius 2 is 1.91 bits per heavy atom. The molecule has 122 valence electrons. The predicted molar refractivity (Wildman–Crippen MR) is 84.3 cm³/mol. The maximum Gasteiger partial charge on any atom is 0.387 e. The lowest BCUT2D eigenvalue weighted by Gasteiger charge is -2.18. The normalized spacial score (nSPS) is 10.7. The van der Waals surface area contributed by atoms with Gasteiger partial charge in [-0.15, -0.1) is 0 Å². The van der Waals surface area contributed by atoms with Crippen molar-refractivity contribution in [3.8, 4) is 22.6 Å². The lowest BCUT2D eigenvalue weighted by Crippen LogP contribution is -2.09. The van der Waals surface area contributed by atoms with Gasteiger partial charge in [-0.25, -0.2) is 0 Å². The average Bonchev–Trinajstić information content (AvgIpc) is 2.49. The van der Waals surface area contributed by atoms with Gasteiger partial charge in [0.2, 0.25) is 0 Å². The van der Waals surface area contributed by atoms with Gasteiger partial charge in [0.05, 0.1) is 5.56 Å². The van der Waals surface area contributed by atoms with Crippen LogP contribution in [0, 0.1) is 0 Å². The number of aromatic hydroxyl groups is 1. The molecule has 0 radical (unpaired) electrons. The molecular weight excluding hydrogens is 306 g/mol. The van der Waals surface area contributed by atoms with E-state index in [2.05, 4.69) is 4.74 Å². The van der Waals surface area contributed by atoms with Crippen LogP contribution in [0.25, 0.3) is 11.1 Å². The first kappa shape index (κ1) is 16.5. The van der Waals surface area contributed by atoms with Gasteiger partial charge >= 0.3 is 6.61 Å². The molecule has 0 fully saturated rings. The summed E-state index contributed by atoms with van der Waals surface area (Å²) < 4.78 is 29.8. The molecule has 0 aliphatic heterocycles. The molecule has 2 aromatic rings. The van der Waals surface area contributed by atoms with Crippen molar-refractivity contribution in [2.45, 2.75) is 6.61 Å². The van der Waals surface area contributed by atoms with E-state index in [1.807, 2.05) is 0 Å². The number of phenols is 1. The zero-order chi connectivity index (χ0) is 17.1. The van der Waals surface area contributed by atoms with Crippen LogP contribution >= 0.6 is 0 Å². The zero-order valence-corrected chi connectivity index (χ0v) is 12.6. The number of phenolic OH excluding ortho intramolecular Hbond substituents is 1. The molecule has 23 heavy (non-hydrogen) atoms. The van der Waals surface area contributed by atoms with Crippen LogP contribution in [0.2, 0.25) is 0 Å². The number of nitrogen functional groups attached to an aromatic ring is 1. The molecule has 0 bridgehead atoms. The van der Waals surface area contributed by atoms with Gasteiger partial charge in [0.1, 0.15) is 11.5 Å². The number of halogens is 2. The number of anilines is 2. The summed E-state index contributed by atoms with van der Waals surface area (Å²) in [6.45, 7) is -3.02. The minimum atomic E-state index is -3.02. The van der Waals surface area contributed by atoms with E-state index in [-0.39, 0.29) is 33.9 Å². The van der Waals surface area contributed by atoms with Crippen LogP contribution in [-0.4, -0.2) is 32.1 Å². The number of hydrogen-bond acceptors (Lipinski definition) is 5. The van der Waals surface area contributed by atoms with E-state index in [1.54, 1.807) is 31.1 Å². The monoisotopic (exact) mass is 322 g/mol. The molecule has 0 saturated heterocycles. The Balaban J connectivity index is 2.71. The van der Waals surface area contributed by atoms with E-state index in [4.69, 9.17) is 5.73 Å². The van der Waals surface area contributed by atoms with Crippen molar-refractivity contribution in [3.05, 3.63) is 35.9 Å². The van der Waals surface area contributed by atoms with Gasteiger partial charge in [-0.2, -0.15) is 8.78 Å². The molecule has 2 aromatic carbocycles. The molecule has 0 atom stereocenters. The Hall–Kier alpha value is -2.83.